The van der Waals surface area contributed by atoms with E-state index in [1.807, 2.05) is 6.08 Å². The van der Waals surface area contributed by atoms with Gasteiger partial charge >= 0.3 is 0 Å². The highest BCUT2D eigenvalue weighted by Crippen LogP contribution is 2.52. The Bertz CT molecular complexity index is 667. The standard InChI is InChI=1S/C20H27NO3/c1-21-9-8-20(7-6-15(22)12-18(20)21)14-10-16(13-4-5-13)19(24-3)17(11-14)23-2/h6-7,10-11,13,15,18,22H,4-5,8-9,12H2,1-3H3/t15-,18-,20-/m0/s1. The van der Waals surface area contributed by atoms with Crippen LogP contribution in [-0.4, -0.2) is 50.0 Å². The van der Waals surface area contributed by atoms with Gasteiger partial charge in [-0.1, -0.05) is 18.2 Å². The van der Waals surface area contributed by atoms with Crippen LogP contribution >= 0.6 is 0 Å². The average Bonchev–Trinajstić information content (AvgIpc) is 3.39. The summed E-state index contributed by atoms with van der Waals surface area (Å²) < 4.78 is 11.3. The first-order valence-corrected chi connectivity index (χ1v) is 8.93. The van der Waals surface area contributed by atoms with Crippen molar-refractivity contribution in [3.63, 3.8) is 0 Å². The third-order valence-electron chi connectivity index (χ3n) is 6.15. The summed E-state index contributed by atoms with van der Waals surface area (Å²) in [6.07, 6.45) is 8.21. The Kier molecular flexibility index (Phi) is 3.85. The van der Waals surface area contributed by atoms with E-state index in [1.54, 1.807) is 14.2 Å². The van der Waals surface area contributed by atoms with Crippen molar-refractivity contribution in [2.45, 2.75) is 49.2 Å². The van der Waals surface area contributed by atoms with Crippen molar-refractivity contribution in [2.75, 3.05) is 27.8 Å². The van der Waals surface area contributed by atoms with Gasteiger partial charge in [-0.05, 0) is 56.8 Å². The van der Waals surface area contributed by atoms with E-state index in [-0.39, 0.29) is 11.5 Å². The molecule has 1 aromatic carbocycles. The Balaban J connectivity index is 1.86. The van der Waals surface area contributed by atoms with Crippen molar-refractivity contribution in [2.24, 2.45) is 0 Å². The molecule has 2 aliphatic carbocycles. The van der Waals surface area contributed by atoms with Crippen LogP contribution in [-0.2, 0) is 5.41 Å². The number of hydrogen-bond donors (Lipinski definition) is 1. The molecule has 1 N–H and O–H groups in total. The largest absolute Gasteiger partial charge is 0.493 e. The summed E-state index contributed by atoms with van der Waals surface area (Å²) in [5, 5.41) is 10.1. The minimum absolute atomic E-state index is 0.0306. The predicted octanol–water partition coefficient (Wildman–Crippen LogP) is 2.84. The summed E-state index contributed by atoms with van der Waals surface area (Å²) in [6.45, 7) is 1.05. The predicted molar refractivity (Wildman–Crippen MR) is 94.0 cm³/mol. The molecular weight excluding hydrogens is 302 g/mol. The van der Waals surface area contributed by atoms with E-state index in [2.05, 4.69) is 30.2 Å². The van der Waals surface area contributed by atoms with E-state index >= 15 is 0 Å². The second kappa shape index (κ2) is 5.78. The Morgan fingerprint density at radius 3 is 2.67 bits per heavy atom. The topological polar surface area (TPSA) is 41.9 Å². The molecule has 0 radical (unpaired) electrons. The van der Waals surface area contributed by atoms with E-state index in [0.717, 1.165) is 30.9 Å². The van der Waals surface area contributed by atoms with Gasteiger partial charge in [0.25, 0.3) is 0 Å². The summed E-state index contributed by atoms with van der Waals surface area (Å²) in [5.74, 6) is 2.32. The number of methoxy groups -OCH3 is 2. The van der Waals surface area contributed by atoms with Crippen LogP contribution in [0, 0.1) is 0 Å². The number of likely N-dealkylation sites (tertiary alicyclic amines) is 1. The molecule has 0 aromatic heterocycles. The first kappa shape index (κ1) is 16.0. The molecule has 0 bridgehead atoms. The molecule has 1 heterocycles. The Labute approximate surface area is 144 Å². The normalized spacial score (nSPS) is 32.7. The SMILES string of the molecule is COc1cc([C@@]23C=C[C@H](O)C[C@@H]2N(C)CC3)cc(C2CC2)c1OC. The summed E-state index contributed by atoms with van der Waals surface area (Å²) >= 11 is 0. The van der Waals surface area contributed by atoms with E-state index in [4.69, 9.17) is 9.47 Å². The number of aliphatic hydroxyl groups excluding tert-OH is 1. The number of rotatable bonds is 4. The number of ether oxygens (including phenoxy) is 2. The maximum absolute atomic E-state index is 10.1. The van der Waals surface area contributed by atoms with Gasteiger partial charge in [0, 0.05) is 17.0 Å². The van der Waals surface area contributed by atoms with Crippen LogP contribution in [0.4, 0.5) is 0 Å². The fourth-order valence-corrected chi connectivity index (χ4v) is 4.64. The van der Waals surface area contributed by atoms with E-state index < -0.39 is 0 Å². The molecule has 1 saturated carbocycles. The number of benzene rings is 1. The monoisotopic (exact) mass is 329 g/mol. The zero-order valence-electron chi connectivity index (χ0n) is 14.8. The molecular formula is C20H27NO3. The van der Waals surface area contributed by atoms with Crippen molar-refractivity contribution in [3.05, 3.63) is 35.4 Å². The molecule has 1 saturated heterocycles. The van der Waals surface area contributed by atoms with Crippen LogP contribution in [0.3, 0.4) is 0 Å². The van der Waals surface area contributed by atoms with E-state index in [9.17, 15) is 5.11 Å². The van der Waals surface area contributed by atoms with Crippen LogP contribution in [0.25, 0.3) is 0 Å². The Hall–Kier alpha value is -1.52. The van der Waals surface area contributed by atoms with Gasteiger partial charge in [-0.3, -0.25) is 0 Å². The first-order chi connectivity index (χ1) is 11.6. The van der Waals surface area contributed by atoms with Crippen molar-refractivity contribution in [1.29, 1.82) is 0 Å². The number of hydrogen-bond acceptors (Lipinski definition) is 4. The average molecular weight is 329 g/mol. The highest BCUT2D eigenvalue weighted by molar-refractivity contribution is 5.55. The van der Waals surface area contributed by atoms with Gasteiger partial charge in [-0.25, -0.2) is 0 Å². The third-order valence-corrected chi connectivity index (χ3v) is 6.15. The maximum Gasteiger partial charge on any atom is 0.164 e. The summed E-state index contributed by atoms with van der Waals surface area (Å²) in [4.78, 5) is 2.39. The number of nitrogens with zero attached hydrogens (tertiary/aromatic N) is 1. The van der Waals surface area contributed by atoms with Crippen LogP contribution in [0.1, 0.15) is 42.7 Å². The minimum atomic E-state index is -0.341. The lowest BCUT2D eigenvalue weighted by atomic mass is 9.69. The van der Waals surface area contributed by atoms with Crippen LogP contribution in [0.2, 0.25) is 0 Å². The second-order valence-corrected chi connectivity index (χ2v) is 7.52. The molecule has 1 aromatic rings. The summed E-state index contributed by atoms with van der Waals surface area (Å²) in [7, 11) is 5.61. The molecule has 3 atom stereocenters. The molecule has 130 valence electrons. The van der Waals surface area contributed by atoms with Crippen molar-refractivity contribution in [1.82, 2.24) is 4.90 Å². The molecule has 24 heavy (non-hydrogen) atoms. The fraction of sp³-hybridized carbons (Fsp3) is 0.600. The molecule has 1 aliphatic heterocycles. The van der Waals surface area contributed by atoms with Gasteiger partial charge < -0.3 is 19.5 Å². The van der Waals surface area contributed by atoms with Crippen molar-refractivity contribution >= 4 is 0 Å². The molecule has 0 unspecified atom stereocenters. The molecule has 3 aliphatic rings. The highest BCUT2D eigenvalue weighted by atomic mass is 16.5. The maximum atomic E-state index is 10.1. The van der Waals surface area contributed by atoms with Gasteiger partial charge in [0.15, 0.2) is 11.5 Å². The zero-order chi connectivity index (χ0) is 16.9. The van der Waals surface area contributed by atoms with E-state index in [1.165, 1.54) is 24.0 Å². The van der Waals surface area contributed by atoms with Gasteiger partial charge in [0.1, 0.15) is 0 Å². The third kappa shape index (κ3) is 2.35. The van der Waals surface area contributed by atoms with Crippen molar-refractivity contribution < 1.29 is 14.6 Å². The fourth-order valence-electron chi connectivity index (χ4n) is 4.64. The molecule has 4 nitrogen and oxygen atoms in total. The van der Waals surface area contributed by atoms with Gasteiger partial charge in [0.2, 0.25) is 0 Å². The molecule has 4 heteroatoms. The summed E-state index contributed by atoms with van der Waals surface area (Å²) in [5.41, 5.74) is 2.56. The first-order valence-electron chi connectivity index (χ1n) is 8.93. The van der Waals surface area contributed by atoms with Gasteiger partial charge in [0.05, 0.1) is 20.3 Å². The van der Waals surface area contributed by atoms with Gasteiger partial charge in [-0.2, -0.15) is 0 Å². The number of likely N-dealkylation sites (N-methyl/N-ethyl adjacent to an activating group) is 1. The van der Waals surface area contributed by atoms with E-state index in [0.29, 0.717) is 12.0 Å². The van der Waals surface area contributed by atoms with Crippen molar-refractivity contribution in [3.8, 4) is 11.5 Å². The molecule has 2 fully saturated rings. The lowest BCUT2D eigenvalue weighted by molar-refractivity contribution is 0.137. The molecule has 0 amide bonds. The lowest BCUT2D eigenvalue weighted by Gasteiger charge is -2.40. The Morgan fingerprint density at radius 1 is 1.21 bits per heavy atom. The molecule has 0 spiro atoms. The summed E-state index contributed by atoms with van der Waals surface area (Å²) in [6, 6.07) is 4.83. The Morgan fingerprint density at radius 2 is 2.00 bits per heavy atom. The smallest absolute Gasteiger partial charge is 0.164 e. The van der Waals surface area contributed by atoms with Gasteiger partial charge in [-0.15, -0.1) is 0 Å². The lowest BCUT2D eigenvalue weighted by Crippen LogP contribution is -2.44. The highest BCUT2D eigenvalue weighted by Gasteiger charge is 2.48. The molecule has 4 rings (SSSR count). The quantitative estimate of drug-likeness (QED) is 0.863. The second-order valence-electron chi connectivity index (χ2n) is 7.52. The number of aliphatic hydroxyl groups is 1. The minimum Gasteiger partial charge on any atom is -0.493 e. The van der Waals surface area contributed by atoms with Crippen LogP contribution in [0.5, 0.6) is 11.5 Å². The number of fused-ring (bicyclic) bond motifs is 1. The zero-order valence-corrected chi connectivity index (χ0v) is 14.8. The van der Waals surface area contributed by atoms with Crippen LogP contribution < -0.4 is 9.47 Å². The van der Waals surface area contributed by atoms with Crippen LogP contribution in [0.15, 0.2) is 24.3 Å².